The van der Waals surface area contributed by atoms with Crippen LogP contribution in [0.1, 0.15) is 46.9 Å². The molecule has 2 aromatic rings. The number of esters is 1. The average Bonchev–Trinajstić information content (AvgIpc) is 2.74. The maximum absolute atomic E-state index is 13.0. The minimum absolute atomic E-state index is 0.0456. The Morgan fingerprint density at radius 3 is 2.47 bits per heavy atom. The second-order valence-electron chi connectivity index (χ2n) is 6.87. The highest BCUT2D eigenvalue weighted by Gasteiger charge is 2.25. The van der Waals surface area contributed by atoms with Crippen molar-refractivity contribution in [3.8, 4) is 0 Å². The third-order valence-electron chi connectivity index (χ3n) is 4.78. The van der Waals surface area contributed by atoms with Crippen LogP contribution in [0.4, 0.5) is 5.69 Å². The Labute approximate surface area is 184 Å². The summed E-state index contributed by atoms with van der Waals surface area (Å²) in [5, 5.41) is 0. The molecule has 0 aromatic heterocycles. The van der Waals surface area contributed by atoms with Crippen molar-refractivity contribution in [3.63, 3.8) is 0 Å². The number of benzene rings is 2. The fraction of sp³-hybridized carbons (Fsp3) is 0.333. The van der Waals surface area contributed by atoms with Crippen molar-refractivity contribution in [1.29, 1.82) is 0 Å². The van der Waals surface area contributed by atoms with Crippen LogP contribution in [-0.4, -0.2) is 44.9 Å². The second-order valence-corrected chi connectivity index (χ2v) is 9.37. The SMILES string of the molecule is CCOC(=O)c1ccc(S(=O)(=O)Nc2ccccc2C(=O)N2CCCCC2)c(Br)c1. The van der Waals surface area contributed by atoms with E-state index in [4.69, 9.17) is 4.74 Å². The van der Waals surface area contributed by atoms with Gasteiger partial charge in [0.05, 0.1) is 23.4 Å². The molecule has 1 fully saturated rings. The van der Waals surface area contributed by atoms with Gasteiger partial charge in [-0.3, -0.25) is 9.52 Å². The van der Waals surface area contributed by atoms with Crippen LogP contribution in [0.15, 0.2) is 51.8 Å². The van der Waals surface area contributed by atoms with Crippen molar-refractivity contribution in [2.75, 3.05) is 24.4 Å². The van der Waals surface area contributed by atoms with E-state index in [-0.39, 0.29) is 33.1 Å². The van der Waals surface area contributed by atoms with Crippen LogP contribution < -0.4 is 4.72 Å². The first-order valence-corrected chi connectivity index (χ1v) is 12.0. The summed E-state index contributed by atoms with van der Waals surface area (Å²) in [6.07, 6.45) is 2.98. The number of piperidine rings is 1. The number of anilines is 1. The Bertz CT molecular complexity index is 1050. The van der Waals surface area contributed by atoms with E-state index in [0.29, 0.717) is 18.7 Å². The molecule has 3 rings (SSSR count). The van der Waals surface area contributed by atoms with Crippen LogP contribution >= 0.6 is 15.9 Å². The van der Waals surface area contributed by atoms with Gasteiger partial charge in [-0.15, -0.1) is 0 Å². The molecule has 0 bridgehead atoms. The highest BCUT2D eigenvalue weighted by Crippen LogP contribution is 2.28. The fourth-order valence-corrected chi connectivity index (χ4v) is 5.44. The predicted octanol–water partition coefficient (Wildman–Crippen LogP) is 4.05. The molecule has 1 aliphatic rings. The summed E-state index contributed by atoms with van der Waals surface area (Å²) < 4.78 is 33.7. The lowest BCUT2D eigenvalue weighted by molar-refractivity contribution is 0.0526. The number of nitrogens with zero attached hydrogens (tertiary/aromatic N) is 1. The first kappa shape index (κ1) is 22.3. The number of carbonyl (C=O) groups excluding carboxylic acids is 2. The predicted molar refractivity (Wildman–Crippen MR) is 117 cm³/mol. The Morgan fingerprint density at radius 2 is 1.80 bits per heavy atom. The molecule has 1 heterocycles. The number of nitrogens with one attached hydrogen (secondary N) is 1. The summed E-state index contributed by atoms with van der Waals surface area (Å²) in [6.45, 7) is 3.25. The third-order valence-corrected chi connectivity index (χ3v) is 7.12. The molecular weight excluding hydrogens is 472 g/mol. The highest BCUT2D eigenvalue weighted by molar-refractivity contribution is 9.10. The first-order valence-electron chi connectivity index (χ1n) is 9.71. The number of amides is 1. The quantitative estimate of drug-likeness (QED) is 0.611. The zero-order valence-electron chi connectivity index (χ0n) is 16.6. The van der Waals surface area contributed by atoms with Gasteiger partial charge in [-0.2, -0.15) is 0 Å². The van der Waals surface area contributed by atoms with E-state index in [2.05, 4.69) is 20.7 Å². The average molecular weight is 495 g/mol. The fourth-order valence-electron chi connectivity index (χ4n) is 3.29. The van der Waals surface area contributed by atoms with Crippen molar-refractivity contribution >= 4 is 43.5 Å². The Kier molecular flexibility index (Phi) is 7.14. The van der Waals surface area contributed by atoms with Gasteiger partial charge >= 0.3 is 5.97 Å². The molecule has 0 spiro atoms. The number of carbonyl (C=O) groups is 2. The first-order chi connectivity index (χ1) is 14.3. The number of para-hydroxylation sites is 1. The third kappa shape index (κ3) is 5.02. The number of rotatable bonds is 6. The minimum atomic E-state index is -4.01. The Balaban J connectivity index is 1.87. The summed E-state index contributed by atoms with van der Waals surface area (Å²) in [5.41, 5.74) is 0.764. The number of ether oxygens (including phenoxy) is 1. The molecule has 0 atom stereocenters. The van der Waals surface area contributed by atoms with Crippen LogP contribution in [0.5, 0.6) is 0 Å². The van der Waals surface area contributed by atoms with Gasteiger partial charge in [-0.05, 0) is 72.4 Å². The van der Waals surface area contributed by atoms with Crippen molar-refractivity contribution in [2.24, 2.45) is 0 Å². The molecule has 7 nitrogen and oxygen atoms in total. The molecule has 1 N–H and O–H groups in total. The standard InChI is InChI=1S/C21H23BrN2O5S/c1-2-29-21(26)15-10-11-19(17(22)14-15)30(27,28)23-18-9-5-4-8-16(18)20(25)24-12-6-3-7-13-24/h4-5,8-11,14,23H,2-3,6-7,12-13H2,1H3. The van der Waals surface area contributed by atoms with Crippen LogP contribution in [-0.2, 0) is 14.8 Å². The Hall–Kier alpha value is -2.39. The zero-order valence-corrected chi connectivity index (χ0v) is 19.0. The number of halogens is 1. The maximum atomic E-state index is 13.0. The van der Waals surface area contributed by atoms with E-state index >= 15 is 0 Å². The van der Waals surface area contributed by atoms with Crippen LogP contribution in [0.2, 0.25) is 0 Å². The van der Waals surface area contributed by atoms with Crippen LogP contribution in [0, 0.1) is 0 Å². The topological polar surface area (TPSA) is 92.8 Å². The summed E-state index contributed by atoms with van der Waals surface area (Å²) >= 11 is 3.22. The van der Waals surface area contributed by atoms with Crippen molar-refractivity contribution in [2.45, 2.75) is 31.1 Å². The van der Waals surface area contributed by atoms with E-state index in [1.54, 1.807) is 36.1 Å². The van der Waals surface area contributed by atoms with E-state index < -0.39 is 16.0 Å². The number of sulfonamides is 1. The molecule has 1 amide bonds. The molecule has 0 saturated carbocycles. The Morgan fingerprint density at radius 1 is 1.10 bits per heavy atom. The summed E-state index contributed by atoms with van der Waals surface area (Å²) in [6, 6.07) is 10.7. The van der Waals surface area contributed by atoms with Gasteiger partial charge < -0.3 is 9.64 Å². The van der Waals surface area contributed by atoms with Crippen LogP contribution in [0.25, 0.3) is 0 Å². The lowest BCUT2D eigenvalue weighted by Crippen LogP contribution is -2.36. The number of likely N-dealkylation sites (tertiary alicyclic amines) is 1. The van der Waals surface area contributed by atoms with Crippen LogP contribution in [0.3, 0.4) is 0 Å². The molecule has 1 saturated heterocycles. The number of hydrogen-bond acceptors (Lipinski definition) is 5. The van der Waals surface area contributed by atoms with Crippen molar-refractivity contribution in [1.82, 2.24) is 4.90 Å². The summed E-state index contributed by atoms with van der Waals surface area (Å²) in [7, 11) is -4.01. The molecule has 0 unspecified atom stereocenters. The van der Waals surface area contributed by atoms with E-state index in [1.807, 2.05) is 0 Å². The molecule has 2 aromatic carbocycles. The molecular formula is C21H23BrN2O5S. The molecule has 0 radical (unpaired) electrons. The van der Waals surface area contributed by atoms with E-state index in [1.165, 1.54) is 18.2 Å². The van der Waals surface area contributed by atoms with Crippen molar-refractivity contribution < 1.29 is 22.7 Å². The lowest BCUT2D eigenvalue weighted by atomic mass is 10.1. The monoisotopic (exact) mass is 494 g/mol. The maximum Gasteiger partial charge on any atom is 0.338 e. The highest BCUT2D eigenvalue weighted by atomic mass is 79.9. The molecule has 9 heteroatoms. The molecule has 30 heavy (non-hydrogen) atoms. The minimum Gasteiger partial charge on any atom is -0.462 e. The smallest absolute Gasteiger partial charge is 0.338 e. The van der Waals surface area contributed by atoms with E-state index in [0.717, 1.165) is 19.3 Å². The van der Waals surface area contributed by atoms with Gasteiger partial charge in [0, 0.05) is 17.6 Å². The molecule has 0 aliphatic carbocycles. The van der Waals surface area contributed by atoms with Gasteiger partial charge in [-0.25, -0.2) is 13.2 Å². The number of hydrogen-bond donors (Lipinski definition) is 1. The largest absolute Gasteiger partial charge is 0.462 e. The molecule has 160 valence electrons. The summed E-state index contributed by atoms with van der Waals surface area (Å²) in [4.78, 5) is 26.5. The summed E-state index contributed by atoms with van der Waals surface area (Å²) in [5.74, 6) is -0.725. The molecule has 1 aliphatic heterocycles. The zero-order chi connectivity index (χ0) is 21.7. The van der Waals surface area contributed by atoms with Gasteiger partial charge in [0.15, 0.2) is 0 Å². The van der Waals surface area contributed by atoms with Gasteiger partial charge in [0.2, 0.25) is 0 Å². The lowest BCUT2D eigenvalue weighted by Gasteiger charge is -2.27. The van der Waals surface area contributed by atoms with Gasteiger partial charge in [-0.1, -0.05) is 12.1 Å². The van der Waals surface area contributed by atoms with E-state index in [9.17, 15) is 18.0 Å². The van der Waals surface area contributed by atoms with Gasteiger partial charge in [0.25, 0.3) is 15.9 Å². The van der Waals surface area contributed by atoms with Gasteiger partial charge in [0.1, 0.15) is 4.90 Å². The van der Waals surface area contributed by atoms with Crippen molar-refractivity contribution in [3.05, 3.63) is 58.1 Å². The second kappa shape index (κ2) is 9.61. The normalized spacial score (nSPS) is 14.3.